The first-order valence-corrected chi connectivity index (χ1v) is 0.644. The molecule has 0 aliphatic rings. The molecule has 1 radical (unpaired) electrons. The van der Waals surface area contributed by atoms with Crippen molar-refractivity contribution in [2.24, 2.45) is 0 Å². The van der Waals surface area contributed by atoms with E-state index in [1.54, 1.807) is 0 Å². The van der Waals surface area contributed by atoms with Crippen molar-refractivity contribution in [3.05, 3.63) is 14.4 Å². The summed E-state index contributed by atoms with van der Waals surface area (Å²) in [6.07, 6.45) is 0.500. The van der Waals surface area contributed by atoms with Crippen LogP contribution in [0.1, 0.15) is 0 Å². The molecule has 0 fully saturated rings. The summed E-state index contributed by atoms with van der Waals surface area (Å²) in [6, 6.07) is 0. The maximum Gasteiger partial charge on any atom is 0 e. The van der Waals surface area contributed by atoms with Crippen molar-refractivity contribution >= 4 is 6.29 Å². The Labute approximate surface area is 63.5 Å². The Bertz CT molecular complexity index is 16.3. The normalized spacial score (nSPS) is 2.00. The number of rotatable bonds is 0. The fourth-order valence-corrected chi connectivity index (χ4v) is 0. The van der Waals surface area contributed by atoms with Crippen LogP contribution >= 0.6 is 0 Å². The van der Waals surface area contributed by atoms with Crippen molar-refractivity contribution in [3.8, 4) is 0 Å². The molecule has 0 bridgehead atoms. The summed E-state index contributed by atoms with van der Waals surface area (Å²) >= 11 is 0. The summed E-state index contributed by atoms with van der Waals surface area (Å²) in [7, 11) is 0. The summed E-state index contributed by atoms with van der Waals surface area (Å²) in [5.74, 6) is 0. The maximum atomic E-state index is 8.69. The van der Waals surface area contributed by atoms with Gasteiger partial charge in [-0.3, -0.25) is 0 Å². The summed E-state index contributed by atoms with van der Waals surface area (Å²) in [4.78, 5) is 8.69. The van der Waals surface area contributed by atoms with E-state index < -0.39 is 0 Å². The summed E-state index contributed by atoms with van der Waals surface area (Å²) in [6.45, 7) is 2.81. The third-order valence-electron chi connectivity index (χ3n) is 0. The molecule has 0 spiro atoms. The van der Waals surface area contributed by atoms with E-state index in [0.29, 0.717) is 6.29 Å². The van der Waals surface area contributed by atoms with Crippen LogP contribution in [0, 0.1) is 14.4 Å². The molecule has 0 aliphatic heterocycles. The van der Waals surface area contributed by atoms with Crippen LogP contribution in [0.2, 0.25) is 0 Å². The molecule has 0 aromatic rings. The van der Waals surface area contributed by atoms with Gasteiger partial charge in [-0.15, -0.1) is 0 Å². The molecular weight excluding hydrogens is 157 g/mol. The molecule has 0 amide bonds. The molecule has 6 heavy (non-hydrogen) atoms. The van der Waals surface area contributed by atoms with Gasteiger partial charge in [0, 0.05) is 32.7 Å². The Morgan fingerprint density at radius 3 is 1.50 bits per heavy atom. The number of carbonyl (C=O) groups is 1. The van der Waals surface area contributed by atoms with Crippen LogP contribution in [0.5, 0.6) is 0 Å². The molecule has 0 saturated carbocycles. The van der Waals surface area contributed by atoms with E-state index in [1.807, 2.05) is 0 Å². The fraction of sp³-hybridized carbons (Fsp3) is 0. The van der Waals surface area contributed by atoms with Crippen molar-refractivity contribution < 1.29 is 43.0 Å². The van der Waals surface area contributed by atoms with Gasteiger partial charge >= 0.3 is 0 Å². The molecule has 0 aromatic heterocycles. The van der Waals surface area contributed by atoms with Crippen molar-refractivity contribution in [1.29, 1.82) is 0 Å². The van der Waals surface area contributed by atoms with Gasteiger partial charge in [0.2, 0.25) is 0 Å². The maximum absolute atomic E-state index is 8.69. The van der Waals surface area contributed by atoms with E-state index in [0.717, 1.165) is 0 Å². The number of hydrogen-bond acceptors (Lipinski definition) is 1. The zero-order valence-electron chi connectivity index (χ0n) is 3.77. The first kappa shape index (κ1) is 30.6. The van der Waals surface area contributed by atoms with Gasteiger partial charge < -0.3 is 24.6 Å². The van der Waals surface area contributed by atoms with E-state index in [-0.39, 0.29) is 45.6 Å². The Morgan fingerprint density at radius 1 is 1.50 bits per heavy atom. The second-order valence-corrected chi connectivity index (χ2v) is 0.167. The molecule has 0 saturated heterocycles. The third-order valence-corrected chi connectivity index (χ3v) is 0. The zero-order chi connectivity index (χ0) is 2.71. The molecule has 0 unspecified atom stereocenters. The van der Waals surface area contributed by atoms with E-state index in [9.17, 15) is 0 Å². The van der Waals surface area contributed by atoms with E-state index >= 15 is 0 Å². The molecule has 0 rings (SSSR count). The van der Waals surface area contributed by atoms with E-state index in [2.05, 4.69) is 6.92 Å². The first-order valence-electron chi connectivity index (χ1n) is 0.644. The number of aldehydes is 1. The van der Waals surface area contributed by atoms with Crippen LogP contribution in [0.3, 0.4) is 0 Å². The van der Waals surface area contributed by atoms with Crippen LogP contribution < -0.4 is 0 Å². The van der Waals surface area contributed by atoms with Gasteiger partial charge in [0.25, 0.3) is 0 Å². The SMILES string of the molecule is O.[CH2-]C=O.[CH3-].[Y]. The largest absolute Gasteiger partial charge is 0.412 e. The average Bonchev–Trinajstić information content (AvgIpc) is 0.918. The van der Waals surface area contributed by atoms with Crippen LogP contribution in [-0.4, -0.2) is 11.8 Å². The monoisotopic (exact) mass is 165 g/mol. The van der Waals surface area contributed by atoms with Crippen LogP contribution in [0.25, 0.3) is 0 Å². The van der Waals surface area contributed by atoms with Crippen molar-refractivity contribution in [2.75, 3.05) is 0 Å². The minimum absolute atomic E-state index is 0. The van der Waals surface area contributed by atoms with E-state index in [1.165, 1.54) is 0 Å². The first-order chi connectivity index (χ1) is 1.41. The van der Waals surface area contributed by atoms with Crippen LogP contribution in [0.15, 0.2) is 0 Å². The topological polar surface area (TPSA) is 48.6 Å². The predicted molar refractivity (Wildman–Crippen MR) is 21.4 cm³/mol. The smallest absolute Gasteiger partial charge is 0 e. The molecule has 0 aromatic carbocycles. The van der Waals surface area contributed by atoms with Crippen LogP contribution in [0.4, 0.5) is 0 Å². The zero-order valence-corrected chi connectivity index (χ0v) is 6.61. The van der Waals surface area contributed by atoms with Gasteiger partial charge in [0.1, 0.15) is 0 Å². The number of hydrogen-bond donors (Lipinski definition) is 0. The molecule has 0 aliphatic carbocycles. The Kier molecular flexibility index (Phi) is 235. The Balaban J connectivity index is -0.00000000667. The molecule has 2 nitrogen and oxygen atoms in total. The van der Waals surface area contributed by atoms with Crippen molar-refractivity contribution in [1.82, 2.24) is 0 Å². The summed E-state index contributed by atoms with van der Waals surface area (Å²) in [5.41, 5.74) is 0. The molecule has 0 atom stereocenters. The van der Waals surface area contributed by atoms with Crippen molar-refractivity contribution in [3.63, 3.8) is 0 Å². The molecular formula is C3H8O2Y-2. The summed E-state index contributed by atoms with van der Waals surface area (Å²) in [5, 5.41) is 0. The molecule has 0 heterocycles. The minimum atomic E-state index is 0. The van der Waals surface area contributed by atoms with Gasteiger partial charge in [0.15, 0.2) is 0 Å². The van der Waals surface area contributed by atoms with Gasteiger partial charge in [-0.2, -0.15) is 0 Å². The molecule has 3 heteroatoms. The van der Waals surface area contributed by atoms with E-state index in [4.69, 9.17) is 4.79 Å². The quantitative estimate of drug-likeness (QED) is 0.357. The van der Waals surface area contributed by atoms with Crippen LogP contribution in [-0.2, 0) is 37.5 Å². The molecule has 37 valence electrons. The van der Waals surface area contributed by atoms with Gasteiger partial charge in [-0.05, 0) is 6.29 Å². The standard InChI is InChI=1S/C2H3O.CH3.H2O.Y/c1-2-3;;;/h2H,1H2;1H3;1H2;/q2*-1;;. The molecule has 2 N–H and O–H groups in total. The van der Waals surface area contributed by atoms with Crippen molar-refractivity contribution in [2.45, 2.75) is 0 Å². The predicted octanol–water partition coefficient (Wildman–Crippen LogP) is -0.358. The van der Waals surface area contributed by atoms with Gasteiger partial charge in [-0.1, -0.05) is 0 Å². The second-order valence-electron chi connectivity index (χ2n) is 0.167. The number of carbonyl (C=O) groups excluding carboxylic acids is 1. The summed E-state index contributed by atoms with van der Waals surface area (Å²) < 4.78 is 0. The fourth-order valence-electron chi connectivity index (χ4n) is 0. The average molecular weight is 165 g/mol. The van der Waals surface area contributed by atoms with Gasteiger partial charge in [-0.25, -0.2) is 0 Å². The Morgan fingerprint density at radius 2 is 1.50 bits per heavy atom. The Hall–Kier alpha value is 0.604. The van der Waals surface area contributed by atoms with Gasteiger partial charge in [0.05, 0.1) is 0 Å². The third kappa shape index (κ3) is 164. The minimum Gasteiger partial charge on any atom is -0.412 e. The second kappa shape index (κ2) is 46.2.